The Balaban J connectivity index is 2.11. The topological polar surface area (TPSA) is 109 Å². The number of thiophene rings is 1. The van der Waals surface area contributed by atoms with Gasteiger partial charge in [0.1, 0.15) is 4.83 Å². The molecule has 8 heteroatoms. The van der Waals surface area contributed by atoms with E-state index in [9.17, 15) is 14.4 Å². The van der Waals surface area contributed by atoms with Crippen LogP contribution in [0.1, 0.15) is 21.1 Å². The van der Waals surface area contributed by atoms with Crippen molar-refractivity contribution in [2.45, 2.75) is 12.8 Å². The summed E-state index contributed by atoms with van der Waals surface area (Å²) in [5.74, 6) is -2.21. The van der Waals surface area contributed by atoms with Gasteiger partial charge in [0.05, 0.1) is 18.4 Å². The van der Waals surface area contributed by atoms with Gasteiger partial charge in [-0.3, -0.25) is 9.59 Å². The molecule has 0 saturated carbocycles. The highest BCUT2D eigenvalue weighted by Gasteiger charge is 2.33. The van der Waals surface area contributed by atoms with Gasteiger partial charge in [-0.25, -0.2) is 9.78 Å². The maximum atomic E-state index is 12.0. The van der Waals surface area contributed by atoms with Crippen LogP contribution in [0.5, 0.6) is 0 Å². The molecule has 7 nitrogen and oxygen atoms in total. The van der Waals surface area contributed by atoms with Crippen LogP contribution in [-0.4, -0.2) is 34.1 Å². The summed E-state index contributed by atoms with van der Waals surface area (Å²) in [5.41, 5.74) is 0.307. The number of fused-ring (bicyclic) bond motifs is 3. The highest BCUT2D eigenvalue weighted by atomic mass is 32.1. The number of carbonyl (C=O) groups is 2. The second-order valence-corrected chi connectivity index (χ2v) is 5.62. The fourth-order valence-electron chi connectivity index (χ4n) is 2.47. The third-order valence-electron chi connectivity index (χ3n) is 3.36. The molecule has 1 aliphatic carbocycles. The highest BCUT2D eigenvalue weighted by molar-refractivity contribution is 7.18. The second kappa shape index (κ2) is 4.41. The summed E-state index contributed by atoms with van der Waals surface area (Å²) >= 11 is 1.26. The van der Waals surface area contributed by atoms with Crippen LogP contribution in [0.4, 0.5) is 0 Å². The van der Waals surface area contributed by atoms with Crippen LogP contribution < -0.4 is 5.56 Å². The number of hydrogen-bond acceptors (Lipinski definition) is 6. The molecule has 104 valence electrons. The van der Waals surface area contributed by atoms with E-state index in [0.717, 1.165) is 10.4 Å². The van der Waals surface area contributed by atoms with Crippen molar-refractivity contribution in [2.75, 3.05) is 7.11 Å². The largest absolute Gasteiger partial charge is 0.475 e. The van der Waals surface area contributed by atoms with Crippen LogP contribution in [0.25, 0.3) is 10.2 Å². The Kier molecular flexibility index (Phi) is 2.82. The minimum atomic E-state index is -1.27. The molecule has 0 fully saturated rings. The van der Waals surface area contributed by atoms with Crippen molar-refractivity contribution in [2.24, 2.45) is 5.92 Å². The standard InChI is InChI=1S/C12H10N2O5S/c1-19-12(18)4-2-5-6(3-4)20-10-7(5)9(15)13-8(14-10)11(16)17/h4H,2-3H2,1H3,(H,16,17)(H,13,14,15). The molecule has 0 radical (unpaired) electrons. The van der Waals surface area contributed by atoms with E-state index in [2.05, 4.69) is 9.97 Å². The van der Waals surface area contributed by atoms with Crippen molar-refractivity contribution in [3.8, 4) is 0 Å². The number of H-pyrrole nitrogens is 1. The van der Waals surface area contributed by atoms with Crippen LogP contribution in [0, 0.1) is 5.92 Å². The van der Waals surface area contributed by atoms with Gasteiger partial charge >= 0.3 is 11.9 Å². The maximum Gasteiger partial charge on any atom is 0.372 e. The predicted octanol–water partition coefficient (Wildman–Crippen LogP) is 0.571. The number of ether oxygens (including phenoxy) is 1. The zero-order valence-corrected chi connectivity index (χ0v) is 11.2. The number of carbonyl (C=O) groups excluding carboxylic acids is 1. The lowest BCUT2D eigenvalue weighted by atomic mass is 10.1. The Morgan fingerprint density at radius 1 is 1.45 bits per heavy atom. The summed E-state index contributed by atoms with van der Waals surface area (Å²) in [4.78, 5) is 41.9. The number of esters is 1. The molecule has 1 aliphatic rings. The number of aromatic carboxylic acids is 1. The summed E-state index contributed by atoms with van der Waals surface area (Å²) < 4.78 is 4.71. The average molecular weight is 294 g/mol. The van der Waals surface area contributed by atoms with Gasteiger partial charge in [-0.15, -0.1) is 11.3 Å². The first-order valence-corrected chi connectivity index (χ1v) is 6.68. The van der Waals surface area contributed by atoms with Gasteiger partial charge in [-0.05, 0) is 18.4 Å². The molecule has 3 rings (SSSR count). The van der Waals surface area contributed by atoms with Crippen LogP contribution in [0.15, 0.2) is 4.79 Å². The normalized spacial score (nSPS) is 17.1. The summed E-state index contributed by atoms with van der Waals surface area (Å²) in [6, 6.07) is 0. The molecule has 0 aliphatic heterocycles. The lowest BCUT2D eigenvalue weighted by molar-refractivity contribution is -0.145. The van der Waals surface area contributed by atoms with Crippen molar-refractivity contribution in [1.82, 2.24) is 9.97 Å². The van der Waals surface area contributed by atoms with Crippen molar-refractivity contribution >= 4 is 33.5 Å². The Morgan fingerprint density at radius 2 is 2.20 bits per heavy atom. The maximum absolute atomic E-state index is 12.0. The van der Waals surface area contributed by atoms with E-state index in [-0.39, 0.29) is 17.7 Å². The summed E-state index contributed by atoms with van der Waals surface area (Å²) in [7, 11) is 1.33. The van der Waals surface area contributed by atoms with E-state index in [0.29, 0.717) is 23.1 Å². The number of aromatic nitrogens is 2. The first-order chi connectivity index (χ1) is 9.51. The quantitative estimate of drug-likeness (QED) is 0.784. The van der Waals surface area contributed by atoms with Gasteiger partial charge in [-0.1, -0.05) is 0 Å². The van der Waals surface area contributed by atoms with E-state index >= 15 is 0 Å². The zero-order chi connectivity index (χ0) is 14.4. The number of rotatable bonds is 2. The molecule has 0 spiro atoms. The van der Waals surface area contributed by atoms with Gasteiger partial charge < -0.3 is 14.8 Å². The fraction of sp³-hybridized carbons (Fsp3) is 0.333. The minimum absolute atomic E-state index is 0.274. The average Bonchev–Trinajstić information content (AvgIpc) is 2.94. The number of hydrogen-bond donors (Lipinski definition) is 2. The third-order valence-corrected chi connectivity index (χ3v) is 4.51. The Labute approximate surface area is 116 Å². The van der Waals surface area contributed by atoms with Crippen LogP contribution in [0.3, 0.4) is 0 Å². The van der Waals surface area contributed by atoms with Gasteiger partial charge in [0, 0.05) is 4.88 Å². The number of aromatic amines is 1. The van der Waals surface area contributed by atoms with Crippen molar-refractivity contribution in [1.29, 1.82) is 0 Å². The number of carboxylic acid groups (broad SMARTS) is 1. The SMILES string of the molecule is COC(=O)C1Cc2sc3nc(C(=O)O)[nH]c(=O)c3c2C1. The van der Waals surface area contributed by atoms with Crippen molar-refractivity contribution < 1.29 is 19.4 Å². The van der Waals surface area contributed by atoms with Crippen LogP contribution in [-0.2, 0) is 22.4 Å². The summed E-state index contributed by atoms with van der Waals surface area (Å²) in [5, 5.41) is 9.26. The van der Waals surface area contributed by atoms with Crippen LogP contribution in [0.2, 0.25) is 0 Å². The number of nitrogens with one attached hydrogen (secondary N) is 1. The van der Waals surface area contributed by atoms with Crippen molar-refractivity contribution in [3.63, 3.8) is 0 Å². The van der Waals surface area contributed by atoms with Crippen LogP contribution >= 0.6 is 11.3 Å². The molecule has 1 unspecified atom stereocenters. The summed E-state index contributed by atoms with van der Waals surface area (Å²) in [6.45, 7) is 0. The van der Waals surface area contributed by atoms with Gasteiger partial charge in [0.15, 0.2) is 0 Å². The molecule has 2 aromatic rings. The smallest absolute Gasteiger partial charge is 0.372 e. The summed E-state index contributed by atoms with van der Waals surface area (Å²) in [6.07, 6.45) is 0.935. The first kappa shape index (κ1) is 12.8. The monoisotopic (exact) mass is 294 g/mol. The highest BCUT2D eigenvalue weighted by Crippen LogP contribution is 2.37. The zero-order valence-electron chi connectivity index (χ0n) is 10.4. The number of methoxy groups -OCH3 is 1. The van der Waals surface area contributed by atoms with Gasteiger partial charge in [0.25, 0.3) is 5.56 Å². The lowest BCUT2D eigenvalue weighted by Crippen LogP contribution is -2.18. The fourth-order valence-corrected chi connectivity index (χ4v) is 3.75. The van der Waals surface area contributed by atoms with E-state index in [1.165, 1.54) is 18.4 Å². The van der Waals surface area contributed by atoms with E-state index in [4.69, 9.17) is 9.84 Å². The second-order valence-electron chi connectivity index (χ2n) is 4.53. The Bertz CT molecular complexity index is 791. The molecule has 0 saturated heterocycles. The molecule has 0 aromatic carbocycles. The molecular weight excluding hydrogens is 284 g/mol. The van der Waals surface area contributed by atoms with E-state index in [1.54, 1.807) is 0 Å². The molecular formula is C12H10N2O5S. The molecule has 2 N–H and O–H groups in total. The van der Waals surface area contributed by atoms with Crippen molar-refractivity contribution in [3.05, 3.63) is 26.6 Å². The molecule has 2 aromatic heterocycles. The van der Waals surface area contributed by atoms with E-state index in [1.807, 2.05) is 0 Å². The minimum Gasteiger partial charge on any atom is -0.475 e. The first-order valence-electron chi connectivity index (χ1n) is 5.87. The number of carboxylic acids is 1. The molecule has 1 atom stereocenters. The molecule has 20 heavy (non-hydrogen) atoms. The molecule has 0 bridgehead atoms. The Morgan fingerprint density at radius 3 is 2.85 bits per heavy atom. The Hall–Kier alpha value is -2.22. The van der Waals surface area contributed by atoms with Gasteiger partial charge in [-0.2, -0.15) is 0 Å². The molecule has 2 heterocycles. The predicted molar refractivity (Wildman–Crippen MR) is 70.1 cm³/mol. The van der Waals surface area contributed by atoms with E-state index < -0.39 is 11.5 Å². The third kappa shape index (κ3) is 1.80. The number of nitrogens with zero attached hydrogens (tertiary/aromatic N) is 1. The van der Waals surface area contributed by atoms with Gasteiger partial charge in [0.2, 0.25) is 5.82 Å². The lowest BCUT2D eigenvalue weighted by Gasteiger charge is -2.05. The molecule has 0 amide bonds.